The minimum atomic E-state index is -3.93. The Morgan fingerprint density at radius 2 is 2.10 bits per heavy atom. The fraction of sp³-hybridized carbons (Fsp3) is 0.417. The van der Waals surface area contributed by atoms with Crippen LogP contribution in [0.25, 0.3) is 0 Å². The van der Waals surface area contributed by atoms with Gasteiger partial charge in [-0.25, -0.2) is 8.42 Å². The molecule has 20 heavy (non-hydrogen) atoms. The first-order chi connectivity index (χ1) is 9.30. The molecular weight excluding hydrogens is 306 g/mol. The van der Waals surface area contributed by atoms with Crippen LogP contribution in [0.2, 0.25) is 5.02 Å². The standard InChI is InChI=1S/C12H16ClNO5S/c1-9-10(13)4-3-5-11(9)20(17,18)14(6-7-19-2)8-12(15)16/h3-5H,6-8H2,1-2H3,(H,15,16). The maximum absolute atomic E-state index is 12.5. The molecule has 0 bridgehead atoms. The van der Waals surface area contributed by atoms with Crippen molar-refractivity contribution in [1.82, 2.24) is 4.31 Å². The van der Waals surface area contributed by atoms with E-state index in [1.54, 1.807) is 13.0 Å². The lowest BCUT2D eigenvalue weighted by molar-refractivity contribution is -0.137. The largest absolute Gasteiger partial charge is 0.480 e. The number of benzene rings is 1. The van der Waals surface area contributed by atoms with Crippen molar-refractivity contribution in [2.75, 3.05) is 26.8 Å². The number of aliphatic carboxylic acids is 1. The Morgan fingerprint density at radius 3 is 2.65 bits per heavy atom. The molecule has 1 N–H and O–H groups in total. The highest BCUT2D eigenvalue weighted by Gasteiger charge is 2.28. The molecule has 1 aromatic carbocycles. The van der Waals surface area contributed by atoms with Crippen molar-refractivity contribution in [2.24, 2.45) is 0 Å². The summed E-state index contributed by atoms with van der Waals surface area (Å²) >= 11 is 5.91. The van der Waals surface area contributed by atoms with Gasteiger partial charge in [0, 0.05) is 18.7 Å². The van der Waals surface area contributed by atoms with E-state index in [0.29, 0.717) is 10.6 Å². The van der Waals surface area contributed by atoms with Crippen LogP contribution in [0.3, 0.4) is 0 Å². The zero-order chi connectivity index (χ0) is 15.3. The first kappa shape index (κ1) is 16.9. The molecule has 0 unspecified atom stereocenters. The van der Waals surface area contributed by atoms with Crippen molar-refractivity contribution < 1.29 is 23.1 Å². The van der Waals surface area contributed by atoms with Crippen LogP contribution in [0.4, 0.5) is 0 Å². The van der Waals surface area contributed by atoms with Gasteiger partial charge in [0.1, 0.15) is 6.54 Å². The minimum absolute atomic E-state index is 0.00218. The van der Waals surface area contributed by atoms with E-state index in [2.05, 4.69) is 0 Å². The van der Waals surface area contributed by atoms with E-state index in [0.717, 1.165) is 4.31 Å². The number of rotatable bonds is 7. The smallest absolute Gasteiger partial charge is 0.318 e. The molecule has 0 atom stereocenters. The number of hydrogen-bond donors (Lipinski definition) is 1. The van der Waals surface area contributed by atoms with Crippen LogP contribution < -0.4 is 0 Å². The summed E-state index contributed by atoms with van der Waals surface area (Å²) in [5.74, 6) is -1.23. The van der Waals surface area contributed by atoms with E-state index in [1.165, 1.54) is 19.2 Å². The predicted molar refractivity (Wildman–Crippen MR) is 74.5 cm³/mol. The molecule has 0 spiro atoms. The average molecular weight is 322 g/mol. The Bertz CT molecular complexity index is 588. The Labute approximate surface area is 123 Å². The summed E-state index contributed by atoms with van der Waals surface area (Å²) < 4.78 is 30.7. The highest BCUT2D eigenvalue weighted by atomic mass is 35.5. The number of sulfonamides is 1. The van der Waals surface area contributed by atoms with E-state index in [-0.39, 0.29) is 18.0 Å². The Kier molecular flexibility index (Phi) is 5.94. The summed E-state index contributed by atoms with van der Waals surface area (Å²) in [4.78, 5) is 10.8. The van der Waals surface area contributed by atoms with Crippen LogP contribution >= 0.6 is 11.6 Å². The molecule has 0 aliphatic carbocycles. The molecule has 6 nitrogen and oxygen atoms in total. The molecule has 1 aromatic rings. The zero-order valence-corrected chi connectivity index (χ0v) is 12.7. The lowest BCUT2D eigenvalue weighted by atomic mass is 10.2. The van der Waals surface area contributed by atoms with Gasteiger partial charge in [-0.1, -0.05) is 17.7 Å². The van der Waals surface area contributed by atoms with Crippen LogP contribution in [0.1, 0.15) is 5.56 Å². The van der Waals surface area contributed by atoms with Crippen molar-refractivity contribution in [2.45, 2.75) is 11.8 Å². The molecule has 0 aliphatic heterocycles. The van der Waals surface area contributed by atoms with E-state index in [1.807, 2.05) is 0 Å². The van der Waals surface area contributed by atoms with Gasteiger partial charge in [-0.3, -0.25) is 4.79 Å². The lowest BCUT2D eigenvalue weighted by Crippen LogP contribution is -2.38. The molecule has 0 aliphatic rings. The summed E-state index contributed by atoms with van der Waals surface area (Å²) in [6, 6.07) is 4.49. The topological polar surface area (TPSA) is 83.9 Å². The number of nitrogens with zero attached hydrogens (tertiary/aromatic N) is 1. The highest BCUT2D eigenvalue weighted by molar-refractivity contribution is 7.89. The number of halogens is 1. The average Bonchev–Trinajstić information content (AvgIpc) is 2.37. The van der Waals surface area contributed by atoms with Gasteiger partial charge in [0.25, 0.3) is 0 Å². The first-order valence-electron chi connectivity index (χ1n) is 5.76. The molecule has 0 heterocycles. The second kappa shape index (κ2) is 7.03. The van der Waals surface area contributed by atoms with Crippen LogP contribution in [0.15, 0.2) is 23.1 Å². The monoisotopic (exact) mass is 321 g/mol. The third-order valence-corrected chi connectivity index (χ3v) is 5.09. The van der Waals surface area contributed by atoms with Crippen molar-refractivity contribution >= 4 is 27.6 Å². The molecule has 0 aromatic heterocycles. The molecule has 0 saturated heterocycles. The van der Waals surface area contributed by atoms with Crippen molar-refractivity contribution in [3.05, 3.63) is 28.8 Å². The quantitative estimate of drug-likeness (QED) is 0.820. The highest BCUT2D eigenvalue weighted by Crippen LogP contribution is 2.25. The zero-order valence-electron chi connectivity index (χ0n) is 11.2. The Morgan fingerprint density at radius 1 is 1.45 bits per heavy atom. The maximum atomic E-state index is 12.5. The van der Waals surface area contributed by atoms with Gasteiger partial charge in [-0.05, 0) is 24.6 Å². The Hall–Kier alpha value is -1.15. The van der Waals surface area contributed by atoms with Crippen LogP contribution in [-0.2, 0) is 19.6 Å². The molecule has 0 fully saturated rings. The molecule has 0 radical (unpaired) electrons. The van der Waals surface area contributed by atoms with Gasteiger partial charge in [-0.2, -0.15) is 4.31 Å². The number of ether oxygens (including phenoxy) is 1. The second-order valence-corrected chi connectivity index (χ2v) is 6.40. The van der Waals surface area contributed by atoms with E-state index < -0.39 is 22.5 Å². The molecule has 1 rings (SSSR count). The second-order valence-electron chi connectivity index (χ2n) is 4.09. The summed E-state index contributed by atoms with van der Waals surface area (Å²) in [5.41, 5.74) is 0.391. The maximum Gasteiger partial charge on any atom is 0.318 e. The lowest BCUT2D eigenvalue weighted by Gasteiger charge is -2.21. The number of hydrogen-bond acceptors (Lipinski definition) is 4. The summed E-state index contributed by atoms with van der Waals surface area (Å²) in [5, 5.41) is 9.16. The van der Waals surface area contributed by atoms with Gasteiger partial charge in [0.15, 0.2) is 0 Å². The molecule has 112 valence electrons. The van der Waals surface area contributed by atoms with Gasteiger partial charge in [0.2, 0.25) is 10.0 Å². The Balaban J connectivity index is 3.21. The predicted octanol–water partition coefficient (Wildman–Crippen LogP) is 1.37. The van der Waals surface area contributed by atoms with Gasteiger partial charge < -0.3 is 9.84 Å². The van der Waals surface area contributed by atoms with Crippen molar-refractivity contribution in [1.29, 1.82) is 0 Å². The molecular formula is C12H16ClNO5S. The molecule has 0 saturated carbocycles. The fourth-order valence-corrected chi connectivity index (χ4v) is 3.49. The van der Waals surface area contributed by atoms with E-state index in [4.69, 9.17) is 21.4 Å². The van der Waals surface area contributed by atoms with Gasteiger partial charge in [0.05, 0.1) is 11.5 Å². The molecule has 0 amide bonds. The SMILES string of the molecule is COCCN(CC(=O)O)S(=O)(=O)c1cccc(Cl)c1C. The van der Waals surface area contributed by atoms with Crippen LogP contribution in [-0.4, -0.2) is 50.6 Å². The summed E-state index contributed by atoms with van der Waals surface area (Å²) in [6.07, 6.45) is 0. The number of carboxylic acid groups (broad SMARTS) is 1. The van der Waals surface area contributed by atoms with Crippen LogP contribution in [0, 0.1) is 6.92 Å². The third-order valence-electron chi connectivity index (χ3n) is 2.69. The number of carboxylic acids is 1. The third kappa shape index (κ3) is 3.92. The molecule has 8 heteroatoms. The van der Waals surface area contributed by atoms with Crippen molar-refractivity contribution in [3.63, 3.8) is 0 Å². The number of carbonyl (C=O) groups is 1. The van der Waals surface area contributed by atoms with Crippen LogP contribution in [0.5, 0.6) is 0 Å². The van der Waals surface area contributed by atoms with Gasteiger partial charge >= 0.3 is 5.97 Å². The van der Waals surface area contributed by atoms with E-state index in [9.17, 15) is 13.2 Å². The van der Waals surface area contributed by atoms with Crippen molar-refractivity contribution in [3.8, 4) is 0 Å². The van der Waals surface area contributed by atoms with Gasteiger partial charge in [-0.15, -0.1) is 0 Å². The first-order valence-corrected chi connectivity index (χ1v) is 7.58. The number of methoxy groups -OCH3 is 1. The fourth-order valence-electron chi connectivity index (χ4n) is 1.63. The summed E-state index contributed by atoms with van der Waals surface area (Å²) in [7, 11) is -2.52. The van der Waals surface area contributed by atoms with E-state index >= 15 is 0 Å². The normalized spacial score (nSPS) is 11.8. The minimum Gasteiger partial charge on any atom is -0.480 e. The summed E-state index contributed by atoms with van der Waals surface area (Å²) in [6.45, 7) is 1.01.